The number of carbonyl (C=O) groups is 1. The van der Waals surface area contributed by atoms with Crippen molar-refractivity contribution in [2.24, 2.45) is 17.8 Å². The fourth-order valence-electron chi connectivity index (χ4n) is 8.57. The molecular weight excluding hydrogens is 589 g/mol. The van der Waals surface area contributed by atoms with Gasteiger partial charge in [0.25, 0.3) is 0 Å². The van der Waals surface area contributed by atoms with E-state index in [1.54, 1.807) is 6.07 Å². The monoisotopic (exact) mass is 632 g/mol. The molecular formula is C33H43F3N4O3S. The van der Waals surface area contributed by atoms with Crippen molar-refractivity contribution >= 4 is 29.2 Å². The molecule has 2 heterocycles. The predicted octanol–water partition coefficient (Wildman–Crippen LogP) is 6.53. The molecule has 0 radical (unpaired) electrons. The van der Waals surface area contributed by atoms with E-state index in [9.17, 15) is 18.0 Å². The van der Waals surface area contributed by atoms with E-state index in [1.807, 2.05) is 29.2 Å². The Morgan fingerprint density at radius 2 is 1.45 bits per heavy atom. The number of aliphatic hydroxyl groups excluding tert-OH is 1. The number of benzene rings is 2. The Morgan fingerprint density at radius 3 is 2.05 bits per heavy atom. The Labute approximate surface area is 261 Å². The van der Waals surface area contributed by atoms with Gasteiger partial charge in [-0.3, -0.25) is 4.90 Å². The number of halogens is 3. The number of carboxylic acid groups (broad SMARTS) is 1. The van der Waals surface area contributed by atoms with E-state index in [0.717, 1.165) is 91.6 Å². The fourth-order valence-corrected chi connectivity index (χ4v) is 9.64. The summed E-state index contributed by atoms with van der Waals surface area (Å²) in [5.41, 5.74) is 0.982. The molecule has 5 fully saturated rings. The van der Waals surface area contributed by atoms with Crippen LogP contribution >= 0.6 is 11.8 Å². The van der Waals surface area contributed by atoms with E-state index in [-0.39, 0.29) is 12.1 Å². The van der Waals surface area contributed by atoms with Crippen LogP contribution in [-0.2, 0) is 6.18 Å². The molecule has 4 bridgehead atoms. The van der Waals surface area contributed by atoms with E-state index in [4.69, 9.17) is 10.2 Å². The quantitative estimate of drug-likeness (QED) is 0.320. The van der Waals surface area contributed by atoms with E-state index in [2.05, 4.69) is 15.1 Å². The molecule has 3 N–H and O–H groups in total. The summed E-state index contributed by atoms with van der Waals surface area (Å²) in [6, 6.07) is 11.9. The molecule has 2 aliphatic heterocycles. The summed E-state index contributed by atoms with van der Waals surface area (Å²) in [6.45, 7) is 6.29. The van der Waals surface area contributed by atoms with Crippen molar-refractivity contribution in [3.63, 3.8) is 0 Å². The van der Waals surface area contributed by atoms with Gasteiger partial charge in [-0.1, -0.05) is 23.9 Å². The van der Waals surface area contributed by atoms with Gasteiger partial charge in [-0.2, -0.15) is 13.2 Å². The standard InChI is InChI=1S/C22H26F3N3OS.C11H17NO2/c23-22(24,25)17-6-7-21-19(16-17)28(18-4-1-2-5-20(18)30-21)9-3-8-26-10-12-27(13-11-26)14-15-29;13-10(14)12-11-4-7-1-8(5-11)3-9(2-7)6-11/h1-2,4-7,16,29H,3,8-15H2;7-9,12H,1-6H2,(H,13,14). The van der Waals surface area contributed by atoms with Crippen LogP contribution in [0, 0.1) is 17.8 Å². The molecule has 1 saturated heterocycles. The lowest BCUT2D eigenvalue weighted by atomic mass is 9.53. The highest BCUT2D eigenvalue weighted by Gasteiger charge is 2.51. The summed E-state index contributed by atoms with van der Waals surface area (Å²) in [4.78, 5) is 19.4. The largest absolute Gasteiger partial charge is 0.465 e. The third-order valence-corrected chi connectivity index (χ3v) is 11.2. The zero-order valence-electron chi connectivity index (χ0n) is 25.1. The van der Waals surface area contributed by atoms with Crippen LogP contribution in [0.3, 0.4) is 0 Å². The van der Waals surface area contributed by atoms with Gasteiger partial charge in [-0.05, 0) is 99.6 Å². The fraction of sp³-hybridized carbons (Fsp3) is 0.606. The maximum Gasteiger partial charge on any atom is 0.416 e. The number of aliphatic hydroxyl groups is 1. The number of nitrogens with one attached hydrogen (secondary N) is 1. The number of piperazine rings is 1. The Bertz CT molecular complexity index is 1280. The molecule has 240 valence electrons. The van der Waals surface area contributed by atoms with Gasteiger partial charge >= 0.3 is 12.3 Å². The zero-order valence-corrected chi connectivity index (χ0v) is 25.9. The Morgan fingerprint density at radius 1 is 0.864 bits per heavy atom. The van der Waals surface area contributed by atoms with Gasteiger partial charge in [0.05, 0.1) is 23.5 Å². The maximum absolute atomic E-state index is 13.3. The molecule has 6 aliphatic rings. The number of rotatable bonds is 7. The summed E-state index contributed by atoms with van der Waals surface area (Å²) < 4.78 is 39.9. The number of anilines is 2. The highest BCUT2D eigenvalue weighted by molar-refractivity contribution is 7.99. The van der Waals surface area contributed by atoms with Gasteiger partial charge in [0, 0.05) is 54.6 Å². The van der Waals surface area contributed by atoms with Crippen molar-refractivity contribution in [3.8, 4) is 0 Å². The molecule has 0 atom stereocenters. The number of fused-ring (bicyclic) bond motifs is 2. The van der Waals surface area contributed by atoms with Crippen LogP contribution in [0.25, 0.3) is 0 Å². The molecule has 44 heavy (non-hydrogen) atoms. The SMILES string of the molecule is O=C(O)NC12CC3CC(CC(C3)C1)C2.OCCN1CCN(CCCN2c3ccccc3Sc3ccc(C(F)(F)F)cc32)CC1. The first kappa shape index (κ1) is 31.5. The number of hydrogen-bond donors (Lipinski definition) is 3. The van der Waals surface area contributed by atoms with Gasteiger partial charge in [0.2, 0.25) is 0 Å². The van der Waals surface area contributed by atoms with Gasteiger partial charge in [0.1, 0.15) is 0 Å². The molecule has 0 aromatic heterocycles. The van der Waals surface area contributed by atoms with Gasteiger partial charge in [0.15, 0.2) is 0 Å². The molecule has 2 aromatic rings. The Kier molecular flexibility index (Phi) is 9.38. The molecule has 0 spiro atoms. The number of amides is 1. The highest BCUT2D eigenvalue weighted by atomic mass is 32.2. The van der Waals surface area contributed by atoms with Crippen molar-refractivity contribution in [1.82, 2.24) is 15.1 Å². The van der Waals surface area contributed by atoms with Crippen LogP contribution in [0.15, 0.2) is 52.3 Å². The van der Waals surface area contributed by atoms with Crippen molar-refractivity contribution in [1.29, 1.82) is 0 Å². The average molecular weight is 633 g/mol. The lowest BCUT2D eigenvalue weighted by molar-refractivity contribution is -0.137. The second-order valence-electron chi connectivity index (χ2n) is 13.3. The molecule has 4 saturated carbocycles. The summed E-state index contributed by atoms with van der Waals surface area (Å²) >= 11 is 1.53. The highest BCUT2D eigenvalue weighted by Crippen LogP contribution is 2.55. The second kappa shape index (κ2) is 13.1. The van der Waals surface area contributed by atoms with Crippen molar-refractivity contribution in [2.75, 3.05) is 57.3 Å². The summed E-state index contributed by atoms with van der Waals surface area (Å²) in [6.07, 6.45) is 3.08. The number of nitrogens with zero attached hydrogens (tertiary/aromatic N) is 3. The van der Waals surface area contributed by atoms with Gasteiger partial charge in [-0.25, -0.2) is 4.79 Å². The first-order chi connectivity index (χ1) is 21.1. The van der Waals surface area contributed by atoms with Crippen molar-refractivity contribution in [2.45, 2.75) is 66.5 Å². The summed E-state index contributed by atoms with van der Waals surface area (Å²) in [5, 5.41) is 20.7. The van der Waals surface area contributed by atoms with Crippen LogP contribution in [0.1, 0.15) is 50.5 Å². The lowest BCUT2D eigenvalue weighted by Crippen LogP contribution is -2.59. The average Bonchev–Trinajstić information content (AvgIpc) is 2.96. The van der Waals surface area contributed by atoms with Crippen LogP contribution in [-0.4, -0.2) is 84.1 Å². The molecule has 8 rings (SSSR count). The molecule has 7 nitrogen and oxygen atoms in total. The Balaban J connectivity index is 0.000000202. The minimum Gasteiger partial charge on any atom is -0.465 e. The van der Waals surface area contributed by atoms with Crippen LogP contribution in [0.4, 0.5) is 29.3 Å². The lowest BCUT2D eigenvalue weighted by Gasteiger charge is -2.56. The number of hydrogen-bond acceptors (Lipinski definition) is 6. The van der Waals surface area contributed by atoms with E-state index in [1.165, 1.54) is 43.2 Å². The summed E-state index contributed by atoms with van der Waals surface area (Å²) in [5.74, 6) is 2.44. The van der Waals surface area contributed by atoms with Gasteiger partial charge in [-0.15, -0.1) is 0 Å². The van der Waals surface area contributed by atoms with Crippen LogP contribution in [0.2, 0.25) is 0 Å². The van der Waals surface area contributed by atoms with Crippen LogP contribution in [0.5, 0.6) is 0 Å². The molecule has 1 amide bonds. The van der Waals surface area contributed by atoms with E-state index in [0.29, 0.717) is 18.8 Å². The molecule has 4 aliphatic carbocycles. The molecule has 11 heteroatoms. The van der Waals surface area contributed by atoms with Crippen molar-refractivity contribution < 1.29 is 28.2 Å². The molecule has 2 aromatic carbocycles. The minimum atomic E-state index is -4.35. The second-order valence-corrected chi connectivity index (χ2v) is 14.4. The normalized spacial score (nSPS) is 27.7. The topological polar surface area (TPSA) is 79.3 Å². The maximum atomic E-state index is 13.3. The van der Waals surface area contributed by atoms with E-state index < -0.39 is 17.8 Å². The third kappa shape index (κ3) is 7.16. The third-order valence-electron chi connectivity index (χ3n) is 10.1. The minimum absolute atomic E-state index is 0.0272. The first-order valence-electron chi connectivity index (χ1n) is 15.9. The number of para-hydroxylation sites is 1. The number of alkyl halides is 3. The zero-order chi connectivity index (χ0) is 30.9. The predicted molar refractivity (Wildman–Crippen MR) is 166 cm³/mol. The first-order valence-corrected chi connectivity index (χ1v) is 16.7. The van der Waals surface area contributed by atoms with E-state index >= 15 is 0 Å². The molecule has 0 unspecified atom stereocenters. The Hall–Kier alpha value is -2.47. The van der Waals surface area contributed by atoms with Crippen LogP contribution < -0.4 is 10.2 Å². The smallest absolute Gasteiger partial charge is 0.416 e. The summed E-state index contributed by atoms with van der Waals surface area (Å²) in [7, 11) is 0. The van der Waals surface area contributed by atoms with Gasteiger partial charge < -0.3 is 25.3 Å². The van der Waals surface area contributed by atoms with Crippen molar-refractivity contribution in [3.05, 3.63) is 48.0 Å². The number of β-amino-alcohol motifs (C(OH)–C–C–N with tert-alkyl or cyclic N) is 1.